The number of imide groups is 1. The van der Waals surface area contributed by atoms with Gasteiger partial charge in [0.1, 0.15) is 12.1 Å². The third-order valence-corrected chi connectivity index (χ3v) is 5.59. The van der Waals surface area contributed by atoms with E-state index in [1.165, 1.54) is 12.8 Å². The fourth-order valence-corrected chi connectivity index (χ4v) is 4.14. The van der Waals surface area contributed by atoms with E-state index in [2.05, 4.69) is 16.0 Å². The fraction of sp³-hybridized carbons (Fsp3) is 0.812. The highest BCUT2D eigenvalue weighted by atomic mass is 35.5. The summed E-state index contributed by atoms with van der Waals surface area (Å²) in [7, 11) is 0. The van der Waals surface area contributed by atoms with Gasteiger partial charge in [-0.1, -0.05) is 13.8 Å². The Morgan fingerprint density at radius 2 is 1.79 bits per heavy atom. The molecule has 3 heterocycles. The minimum absolute atomic E-state index is 0. The second-order valence-electron chi connectivity index (χ2n) is 6.98. The van der Waals surface area contributed by atoms with Crippen LogP contribution in [0.2, 0.25) is 0 Å². The van der Waals surface area contributed by atoms with Crippen LogP contribution >= 0.6 is 12.4 Å². The number of piperidine rings is 1. The van der Waals surface area contributed by atoms with Crippen molar-refractivity contribution in [3.8, 4) is 0 Å². The quantitative estimate of drug-likeness (QED) is 0.637. The number of rotatable bonds is 5. The van der Waals surface area contributed by atoms with E-state index in [4.69, 9.17) is 0 Å². The van der Waals surface area contributed by atoms with Crippen molar-refractivity contribution >= 4 is 30.3 Å². The molecule has 8 heteroatoms. The van der Waals surface area contributed by atoms with E-state index in [1.54, 1.807) is 0 Å². The fourth-order valence-electron chi connectivity index (χ4n) is 4.14. The molecule has 3 N–H and O–H groups in total. The van der Waals surface area contributed by atoms with Crippen molar-refractivity contribution in [3.05, 3.63) is 0 Å². The maximum atomic E-state index is 12.5. The number of carbonyl (C=O) groups is 3. The van der Waals surface area contributed by atoms with E-state index < -0.39 is 11.6 Å². The molecule has 4 amide bonds. The molecule has 3 rings (SSSR count). The summed E-state index contributed by atoms with van der Waals surface area (Å²) in [5, 5.41) is 9.27. The second-order valence-corrected chi connectivity index (χ2v) is 6.98. The highest BCUT2D eigenvalue weighted by Gasteiger charge is 2.49. The molecule has 0 aromatic carbocycles. The van der Waals surface area contributed by atoms with E-state index in [0.717, 1.165) is 17.7 Å². The maximum absolute atomic E-state index is 12.5. The van der Waals surface area contributed by atoms with Crippen molar-refractivity contribution in [2.75, 3.05) is 6.54 Å². The van der Waals surface area contributed by atoms with E-state index >= 15 is 0 Å². The number of carbonyl (C=O) groups excluding carboxylic acids is 3. The minimum atomic E-state index is -0.842. The molecule has 0 aromatic heterocycles. The lowest BCUT2D eigenvalue weighted by atomic mass is 9.93. The average Bonchev–Trinajstić information content (AvgIpc) is 2.98. The van der Waals surface area contributed by atoms with Crippen molar-refractivity contribution in [1.29, 1.82) is 0 Å². The zero-order valence-electron chi connectivity index (χ0n) is 14.3. The summed E-state index contributed by atoms with van der Waals surface area (Å²) in [6, 6.07) is 0.663. The van der Waals surface area contributed by atoms with Crippen LogP contribution in [-0.4, -0.2) is 53.0 Å². The van der Waals surface area contributed by atoms with Crippen LogP contribution in [0, 0.1) is 0 Å². The van der Waals surface area contributed by atoms with Gasteiger partial charge in [-0.3, -0.25) is 14.5 Å². The number of halogens is 1. The molecule has 0 saturated carbocycles. The van der Waals surface area contributed by atoms with Gasteiger partial charge in [-0.05, 0) is 38.5 Å². The molecule has 2 atom stereocenters. The molecule has 7 nitrogen and oxygen atoms in total. The van der Waals surface area contributed by atoms with Crippen LogP contribution in [0.5, 0.6) is 0 Å². The largest absolute Gasteiger partial charge is 0.352 e. The Hall–Kier alpha value is -1.34. The first-order chi connectivity index (χ1) is 11.0. The molecule has 136 valence electrons. The molecule has 0 aromatic rings. The van der Waals surface area contributed by atoms with Crippen molar-refractivity contribution < 1.29 is 14.4 Å². The average molecular weight is 359 g/mol. The Bertz CT molecular complexity index is 511. The van der Waals surface area contributed by atoms with Crippen LogP contribution in [0.1, 0.15) is 52.4 Å². The molecule has 3 fully saturated rings. The van der Waals surface area contributed by atoms with Gasteiger partial charge in [-0.15, -0.1) is 12.4 Å². The Labute approximate surface area is 148 Å². The molecule has 0 spiro atoms. The van der Waals surface area contributed by atoms with Crippen molar-refractivity contribution in [3.63, 3.8) is 0 Å². The van der Waals surface area contributed by atoms with Crippen LogP contribution < -0.4 is 16.0 Å². The third kappa shape index (κ3) is 3.37. The Balaban J connectivity index is 0.00000208. The van der Waals surface area contributed by atoms with Gasteiger partial charge in [0.05, 0.1) is 0 Å². The van der Waals surface area contributed by atoms with Gasteiger partial charge >= 0.3 is 6.03 Å². The summed E-state index contributed by atoms with van der Waals surface area (Å²) in [5.74, 6) is -0.532. The van der Waals surface area contributed by atoms with Crippen LogP contribution in [0.3, 0.4) is 0 Å². The Morgan fingerprint density at radius 1 is 1.21 bits per heavy atom. The topological polar surface area (TPSA) is 90.5 Å². The first kappa shape index (κ1) is 19.0. The number of fused-ring (bicyclic) bond motifs is 2. The first-order valence-corrected chi connectivity index (χ1v) is 8.67. The predicted octanol–water partition coefficient (Wildman–Crippen LogP) is 0.918. The van der Waals surface area contributed by atoms with Gasteiger partial charge in [0.25, 0.3) is 5.91 Å². The van der Waals surface area contributed by atoms with E-state index in [-0.39, 0.29) is 36.8 Å². The van der Waals surface area contributed by atoms with Gasteiger partial charge in [0, 0.05) is 18.1 Å². The second kappa shape index (κ2) is 7.27. The summed E-state index contributed by atoms with van der Waals surface area (Å²) in [6.45, 7) is 3.55. The summed E-state index contributed by atoms with van der Waals surface area (Å²) >= 11 is 0. The Kier molecular flexibility index (Phi) is 5.75. The van der Waals surface area contributed by atoms with E-state index in [0.29, 0.717) is 24.9 Å². The summed E-state index contributed by atoms with van der Waals surface area (Å²) in [4.78, 5) is 37.9. The number of hydrogen-bond acceptors (Lipinski definition) is 4. The lowest BCUT2D eigenvalue weighted by Gasteiger charge is -2.30. The SMILES string of the molecule is CCC1(CC)NC(=O)N(CC(=O)NC2CC3CCC(C2)N3)C1=O.Cl. The molecule has 0 radical (unpaired) electrons. The molecular formula is C16H27ClN4O3. The van der Waals surface area contributed by atoms with Crippen molar-refractivity contribution in [2.45, 2.75) is 76.0 Å². The zero-order chi connectivity index (χ0) is 16.6. The van der Waals surface area contributed by atoms with Crippen LogP contribution in [0.4, 0.5) is 4.79 Å². The standard InChI is InChI=1S/C16H26N4O3.ClH/c1-3-16(4-2)14(22)20(15(23)19-16)9-13(21)18-12-7-10-5-6-11(8-12)17-10;/h10-12,17H,3-9H2,1-2H3,(H,18,21)(H,19,23);1H. The third-order valence-electron chi connectivity index (χ3n) is 5.59. The number of amides is 4. The van der Waals surface area contributed by atoms with Gasteiger partial charge in [0.2, 0.25) is 5.91 Å². The maximum Gasteiger partial charge on any atom is 0.325 e. The minimum Gasteiger partial charge on any atom is -0.352 e. The normalized spacial score (nSPS) is 30.8. The van der Waals surface area contributed by atoms with Gasteiger partial charge in [0.15, 0.2) is 0 Å². The molecule has 0 aliphatic carbocycles. The Morgan fingerprint density at radius 3 is 2.29 bits per heavy atom. The molecule has 24 heavy (non-hydrogen) atoms. The van der Waals surface area contributed by atoms with Gasteiger partial charge in [-0.2, -0.15) is 0 Å². The number of nitrogens with zero attached hydrogens (tertiary/aromatic N) is 1. The molecule has 2 unspecified atom stereocenters. The van der Waals surface area contributed by atoms with Crippen molar-refractivity contribution in [1.82, 2.24) is 20.9 Å². The van der Waals surface area contributed by atoms with Crippen molar-refractivity contribution in [2.24, 2.45) is 0 Å². The monoisotopic (exact) mass is 358 g/mol. The lowest BCUT2D eigenvalue weighted by molar-refractivity contribution is -0.135. The summed E-state index contributed by atoms with van der Waals surface area (Å²) in [6.07, 6.45) is 5.25. The first-order valence-electron chi connectivity index (χ1n) is 8.67. The highest BCUT2D eigenvalue weighted by Crippen LogP contribution is 2.27. The number of hydrogen-bond donors (Lipinski definition) is 3. The smallest absolute Gasteiger partial charge is 0.325 e. The summed E-state index contributed by atoms with van der Waals surface area (Å²) in [5.41, 5.74) is -0.842. The zero-order valence-corrected chi connectivity index (χ0v) is 15.1. The van der Waals surface area contributed by atoms with E-state index in [1.807, 2.05) is 13.8 Å². The lowest BCUT2D eigenvalue weighted by Crippen LogP contribution is -2.51. The summed E-state index contributed by atoms with van der Waals surface area (Å²) < 4.78 is 0. The molecule has 3 aliphatic heterocycles. The molecule has 2 bridgehead atoms. The highest BCUT2D eigenvalue weighted by molar-refractivity contribution is 6.09. The van der Waals surface area contributed by atoms with Gasteiger partial charge in [-0.25, -0.2) is 4.79 Å². The van der Waals surface area contributed by atoms with Crippen LogP contribution in [0.25, 0.3) is 0 Å². The number of urea groups is 1. The van der Waals surface area contributed by atoms with Gasteiger partial charge < -0.3 is 16.0 Å². The molecule has 3 saturated heterocycles. The number of nitrogens with one attached hydrogen (secondary N) is 3. The molecular weight excluding hydrogens is 332 g/mol. The van der Waals surface area contributed by atoms with E-state index in [9.17, 15) is 14.4 Å². The predicted molar refractivity (Wildman–Crippen MR) is 91.9 cm³/mol. The van der Waals surface area contributed by atoms with Crippen LogP contribution in [-0.2, 0) is 9.59 Å². The van der Waals surface area contributed by atoms with Crippen LogP contribution in [0.15, 0.2) is 0 Å². The molecule has 3 aliphatic rings.